The van der Waals surface area contributed by atoms with Crippen molar-refractivity contribution >= 4 is 31.9 Å². The average Bonchev–Trinajstić information content (AvgIpc) is 2.62. The standard InChI is InChI=1S/C18H19BrN2O4S/c1-2-25-16-8-7-14(19)10-17(16)26(23,24)21-11-13-6-4-3-5-12(13)9-15(21)18(20)22/h3-8,10,15H,2,9,11H2,1H3,(H2,20,22). The zero-order valence-electron chi connectivity index (χ0n) is 14.2. The minimum atomic E-state index is -4.00. The molecule has 1 aliphatic heterocycles. The number of nitrogens with two attached hydrogens (primary N) is 1. The lowest BCUT2D eigenvalue weighted by Gasteiger charge is -2.34. The summed E-state index contributed by atoms with van der Waals surface area (Å²) in [4.78, 5) is 12.0. The van der Waals surface area contributed by atoms with Gasteiger partial charge in [-0.15, -0.1) is 0 Å². The SMILES string of the molecule is CCOc1ccc(Br)cc1S(=O)(=O)N1Cc2ccccc2CC1C(N)=O. The van der Waals surface area contributed by atoms with E-state index in [-0.39, 0.29) is 23.6 Å². The van der Waals surface area contributed by atoms with Crippen LogP contribution < -0.4 is 10.5 Å². The number of amides is 1. The minimum Gasteiger partial charge on any atom is -0.492 e. The van der Waals surface area contributed by atoms with Crippen molar-refractivity contribution < 1.29 is 17.9 Å². The summed E-state index contributed by atoms with van der Waals surface area (Å²) in [5.41, 5.74) is 7.33. The maximum Gasteiger partial charge on any atom is 0.247 e. The lowest BCUT2D eigenvalue weighted by Crippen LogP contribution is -2.51. The third kappa shape index (κ3) is 3.49. The Kier molecular flexibility index (Phi) is 5.36. The summed E-state index contributed by atoms with van der Waals surface area (Å²) in [6.07, 6.45) is 0.253. The number of carbonyl (C=O) groups is 1. The van der Waals surface area contributed by atoms with Crippen molar-refractivity contribution in [3.8, 4) is 5.75 Å². The molecule has 0 fully saturated rings. The highest BCUT2D eigenvalue weighted by molar-refractivity contribution is 9.10. The van der Waals surface area contributed by atoms with Crippen molar-refractivity contribution in [1.82, 2.24) is 4.31 Å². The van der Waals surface area contributed by atoms with Gasteiger partial charge in [-0.2, -0.15) is 4.31 Å². The number of primary amides is 1. The van der Waals surface area contributed by atoms with Crippen LogP contribution in [0.5, 0.6) is 5.75 Å². The lowest BCUT2D eigenvalue weighted by atomic mass is 9.96. The van der Waals surface area contributed by atoms with Crippen molar-refractivity contribution in [3.05, 3.63) is 58.1 Å². The summed E-state index contributed by atoms with van der Waals surface area (Å²) < 4.78 is 34.0. The van der Waals surface area contributed by atoms with E-state index in [4.69, 9.17) is 10.5 Å². The Bertz CT molecular complexity index is 946. The smallest absolute Gasteiger partial charge is 0.247 e. The van der Waals surface area contributed by atoms with E-state index in [0.29, 0.717) is 11.1 Å². The molecule has 2 aromatic carbocycles. The molecule has 6 nitrogen and oxygen atoms in total. The van der Waals surface area contributed by atoms with Gasteiger partial charge in [0.2, 0.25) is 15.9 Å². The van der Waals surface area contributed by atoms with Crippen LogP contribution in [0.3, 0.4) is 0 Å². The van der Waals surface area contributed by atoms with E-state index < -0.39 is 22.0 Å². The number of halogens is 1. The van der Waals surface area contributed by atoms with E-state index in [1.54, 1.807) is 19.1 Å². The molecule has 3 rings (SSSR count). The van der Waals surface area contributed by atoms with Crippen molar-refractivity contribution in [2.75, 3.05) is 6.61 Å². The van der Waals surface area contributed by atoms with Crippen LogP contribution in [-0.4, -0.2) is 31.3 Å². The van der Waals surface area contributed by atoms with Gasteiger partial charge in [-0.3, -0.25) is 4.79 Å². The molecule has 0 saturated heterocycles. The van der Waals surface area contributed by atoms with Gasteiger partial charge >= 0.3 is 0 Å². The van der Waals surface area contributed by atoms with Gasteiger partial charge in [0.1, 0.15) is 16.7 Å². The van der Waals surface area contributed by atoms with Crippen molar-refractivity contribution in [1.29, 1.82) is 0 Å². The van der Waals surface area contributed by atoms with Crippen LogP contribution >= 0.6 is 15.9 Å². The average molecular weight is 439 g/mol. The van der Waals surface area contributed by atoms with Gasteiger partial charge in [-0.25, -0.2) is 8.42 Å². The zero-order valence-corrected chi connectivity index (χ0v) is 16.6. The molecule has 1 heterocycles. The highest BCUT2D eigenvalue weighted by Gasteiger charge is 2.39. The second-order valence-corrected chi connectivity index (χ2v) is 8.74. The van der Waals surface area contributed by atoms with Crippen LogP contribution in [0.25, 0.3) is 0 Å². The second-order valence-electron chi connectivity index (χ2n) is 5.97. The summed E-state index contributed by atoms with van der Waals surface area (Å²) in [7, 11) is -4.00. The first-order valence-corrected chi connectivity index (χ1v) is 10.4. The molecular weight excluding hydrogens is 420 g/mol. The van der Waals surface area contributed by atoms with Crippen LogP contribution in [0.2, 0.25) is 0 Å². The highest BCUT2D eigenvalue weighted by Crippen LogP contribution is 2.34. The molecule has 1 amide bonds. The first kappa shape index (κ1) is 18.9. The fourth-order valence-electron chi connectivity index (χ4n) is 3.08. The fraction of sp³-hybridized carbons (Fsp3) is 0.278. The summed E-state index contributed by atoms with van der Waals surface area (Å²) in [6.45, 7) is 2.19. The first-order valence-electron chi connectivity index (χ1n) is 8.15. The number of benzene rings is 2. The Morgan fingerprint density at radius 1 is 1.27 bits per heavy atom. The number of ether oxygens (including phenoxy) is 1. The third-order valence-corrected chi connectivity index (χ3v) is 6.70. The fourth-order valence-corrected chi connectivity index (χ4v) is 5.32. The lowest BCUT2D eigenvalue weighted by molar-refractivity contribution is -0.122. The van der Waals surface area contributed by atoms with Gasteiger partial charge in [0.05, 0.1) is 6.61 Å². The molecule has 2 aromatic rings. The summed E-state index contributed by atoms with van der Waals surface area (Å²) in [6, 6.07) is 11.3. The Morgan fingerprint density at radius 3 is 2.62 bits per heavy atom. The monoisotopic (exact) mass is 438 g/mol. The Balaban J connectivity index is 2.11. The van der Waals surface area contributed by atoms with E-state index in [1.165, 1.54) is 10.4 Å². The molecule has 138 valence electrons. The molecule has 2 N–H and O–H groups in total. The van der Waals surface area contributed by atoms with E-state index in [1.807, 2.05) is 24.3 Å². The van der Waals surface area contributed by atoms with Crippen LogP contribution in [0.4, 0.5) is 0 Å². The van der Waals surface area contributed by atoms with Crippen LogP contribution in [0.15, 0.2) is 51.8 Å². The minimum absolute atomic E-state index is 0.0133. The zero-order chi connectivity index (χ0) is 18.9. The molecule has 0 saturated carbocycles. The molecule has 0 spiro atoms. The molecule has 0 aliphatic carbocycles. The van der Waals surface area contributed by atoms with Gasteiger partial charge in [0.25, 0.3) is 0 Å². The maximum atomic E-state index is 13.4. The molecule has 26 heavy (non-hydrogen) atoms. The number of sulfonamides is 1. The molecule has 0 bridgehead atoms. The third-order valence-electron chi connectivity index (χ3n) is 4.33. The molecular formula is C18H19BrN2O4S. The van der Waals surface area contributed by atoms with Gasteiger partial charge in [0, 0.05) is 11.0 Å². The molecule has 0 aromatic heterocycles. The number of carbonyl (C=O) groups excluding carboxylic acids is 1. The largest absolute Gasteiger partial charge is 0.492 e. The van der Waals surface area contributed by atoms with E-state index in [2.05, 4.69) is 15.9 Å². The Morgan fingerprint density at radius 2 is 1.96 bits per heavy atom. The topological polar surface area (TPSA) is 89.7 Å². The van der Waals surface area contributed by atoms with Crippen LogP contribution in [0, 0.1) is 0 Å². The Hall–Kier alpha value is -1.90. The molecule has 1 atom stereocenters. The normalized spacial score (nSPS) is 17.5. The summed E-state index contributed by atoms with van der Waals surface area (Å²) in [5.74, 6) is -0.422. The number of rotatable bonds is 5. The van der Waals surface area contributed by atoms with Gasteiger partial charge in [-0.05, 0) is 42.7 Å². The molecule has 1 aliphatic rings. The highest BCUT2D eigenvalue weighted by atomic mass is 79.9. The summed E-state index contributed by atoms with van der Waals surface area (Å²) >= 11 is 3.30. The molecule has 0 radical (unpaired) electrons. The van der Waals surface area contributed by atoms with E-state index >= 15 is 0 Å². The predicted molar refractivity (Wildman–Crippen MR) is 101 cm³/mol. The van der Waals surface area contributed by atoms with Crippen molar-refractivity contribution in [3.63, 3.8) is 0 Å². The molecule has 1 unspecified atom stereocenters. The first-order chi connectivity index (χ1) is 12.3. The van der Waals surface area contributed by atoms with E-state index in [0.717, 1.165) is 11.1 Å². The molecule has 8 heteroatoms. The van der Waals surface area contributed by atoms with Gasteiger partial charge in [0.15, 0.2) is 0 Å². The van der Waals surface area contributed by atoms with Crippen molar-refractivity contribution in [2.24, 2.45) is 5.73 Å². The predicted octanol–water partition coefficient (Wildman–Crippen LogP) is 2.45. The maximum absolute atomic E-state index is 13.4. The quantitative estimate of drug-likeness (QED) is 0.775. The van der Waals surface area contributed by atoms with Crippen LogP contribution in [-0.2, 0) is 27.8 Å². The number of fused-ring (bicyclic) bond motifs is 1. The van der Waals surface area contributed by atoms with Crippen LogP contribution in [0.1, 0.15) is 18.1 Å². The van der Waals surface area contributed by atoms with E-state index in [9.17, 15) is 13.2 Å². The second kappa shape index (κ2) is 7.38. The number of hydrogen-bond acceptors (Lipinski definition) is 4. The summed E-state index contributed by atoms with van der Waals surface area (Å²) in [5, 5.41) is 0. The Labute approximate surface area is 161 Å². The van der Waals surface area contributed by atoms with Crippen molar-refractivity contribution in [2.45, 2.75) is 30.8 Å². The number of nitrogens with zero attached hydrogens (tertiary/aromatic N) is 1. The number of hydrogen-bond donors (Lipinski definition) is 1. The van der Waals surface area contributed by atoms with Gasteiger partial charge < -0.3 is 10.5 Å². The van der Waals surface area contributed by atoms with Gasteiger partial charge in [-0.1, -0.05) is 40.2 Å².